The molecule has 0 aliphatic heterocycles. The second-order valence-corrected chi connectivity index (χ2v) is 9.27. The summed E-state index contributed by atoms with van der Waals surface area (Å²) < 4.78 is 5.12. The van der Waals surface area contributed by atoms with Crippen molar-refractivity contribution in [3.63, 3.8) is 0 Å². The van der Waals surface area contributed by atoms with E-state index in [0.29, 0.717) is 28.8 Å². The number of rotatable bonds is 9. The Balaban J connectivity index is 1.64. The van der Waals surface area contributed by atoms with Crippen LogP contribution in [0.3, 0.4) is 0 Å². The molecule has 1 aliphatic carbocycles. The Morgan fingerprint density at radius 1 is 1.22 bits per heavy atom. The Kier molecular flexibility index (Phi) is 8.64. The Morgan fingerprint density at radius 2 is 1.91 bits per heavy atom. The number of Topliss-reactive ketones (excluding diaryl/α,β-unsaturated/α-hetero) is 1. The van der Waals surface area contributed by atoms with Crippen molar-refractivity contribution < 1.29 is 14.3 Å². The number of nitrogens with zero attached hydrogens (tertiary/aromatic N) is 1. The number of nitrogens with one attached hydrogen (secondary N) is 1. The van der Waals surface area contributed by atoms with E-state index in [-0.39, 0.29) is 17.1 Å². The minimum atomic E-state index is -0.718. The number of aromatic nitrogens is 2. The molecule has 1 saturated carbocycles. The number of benzene rings is 1. The van der Waals surface area contributed by atoms with Crippen molar-refractivity contribution in [3.8, 4) is 5.75 Å². The lowest BCUT2D eigenvalue weighted by atomic mass is 9.85. The van der Waals surface area contributed by atoms with Gasteiger partial charge in [0, 0.05) is 11.1 Å². The van der Waals surface area contributed by atoms with Gasteiger partial charge in [0.05, 0.1) is 11.4 Å². The lowest BCUT2D eigenvalue weighted by Crippen LogP contribution is -2.30. The fourth-order valence-electron chi connectivity index (χ4n) is 3.92. The van der Waals surface area contributed by atoms with Gasteiger partial charge in [-0.05, 0) is 49.9 Å². The zero-order valence-corrected chi connectivity index (χ0v) is 19.5. The number of ketones is 1. The van der Waals surface area contributed by atoms with Gasteiger partial charge in [0.1, 0.15) is 11.8 Å². The highest BCUT2D eigenvalue weighted by Crippen LogP contribution is 2.27. The Bertz CT molecular complexity index is 995. The van der Waals surface area contributed by atoms with Crippen LogP contribution in [0.15, 0.2) is 34.2 Å². The predicted molar refractivity (Wildman–Crippen MR) is 125 cm³/mol. The summed E-state index contributed by atoms with van der Waals surface area (Å²) in [6.45, 7) is 3.52. The highest BCUT2D eigenvalue weighted by molar-refractivity contribution is 7.99. The van der Waals surface area contributed by atoms with Gasteiger partial charge in [-0.2, -0.15) is 0 Å². The number of hydrogen-bond donors (Lipinski definition) is 2. The first-order valence-corrected chi connectivity index (χ1v) is 12.2. The topological polar surface area (TPSA) is 115 Å². The monoisotopic (exact) mass is 457 g/mol. The molecule has 172 valence electrons. The lowest BCUT2D eigenvalue weighted by Gasteiger charge is -2.22. The van der Waals surface area contributed by atoms with E-state index >= 15 is 0 Å². The van der Waals surface area contributed by atoms with E-state index in [2.05, 4.69) is 4.98 Å². The predicted octanol–water partition coefficient (Wildman–Crippen LogP) is 3.68. The van der Waals surface area contributed by atoms with Gasteiger partial charge < -0.3 is 15.5 Å². The first kappa shape index (κ1) is 24.2. The van der Waals surface area contributed by atoms with E-state index in [4.69, 9.17) is 15.5 Å². The van der Waals surface area contributed by atoms with E-state index in [0.717, 1.165) is 17.7 Å². The number of thioether (sulfide) groups is 1. The van der Waals surface area contributed by atoms with Gasteiger partial charge in [-0.3, -0.25) is 9.59 Å². The smallest absolute Gasteiger partial charge is 0.328 e. The van der Waals surface area contributed by atoms with Crippen LogP contribution in [0.4, 0.5) is 0 Å². The van der Waals surface area contributed by atoms with Crippen molar-refractivity contribution in [2.24, 2.45) is 11.7 Å². The molecule has 7 nitrogen and oxygen atoms in total. The number of ether oxygens (including phenoxy) is 1. The quantitative estimate of drug-likeness (QED) is 0.194. The van der Waals surface area contributed by atoms with Gasteiger partial charge in [-0.15, -0.1) is 0 Å². The molecule has 0 radical (unpaired) electrons. The summed E-state index contributed by atoms with van der Waals surface area (Å²) in [4.78, 5) is 44.3. The summed E-state index contributed by atoms with van der Waals surface area (Å²) in [7, 11) is 0. The van der Waals surface area contributed by atoms with Crippen molar-refractivity contribution in [1.82, 2.24) is 9.97 Å². The summed E-state index contributed by atoms with van der Waals surface area (Å²) in [6.07, 6.45) is 7.63. The minimum Gasteiger partial charge on any atom is -0.425 e. The molecule has 1 aliphatic rings. The first-order valence-electron chi connectivity index (χ1n) is 11.2. The molecule has 8 heteroatoms. The van der Waals surface area contributed by atoms with Crippen LogP contribution < -0.4 is 16.0 Å². The van der Waals surface area contributed by atoms with Gasteiger partial charge >= 0.3 is 5.97 Å². The standard InChI is InChI=1S/C24H31N3O4S/c1-3-19-20(13-16-7-5-4-6-8-16)26-24(27-22(19)29)32-14-21(28)17-9-11-18(12-10-17)31-23(30)15(2)25/h9-12,15-16H,3-8,13-14,25H2,1-2H3,(H,26,27,29)/t15-/m1/s1. The molecular formula is C24H31N3O4S. The minimum absolute atomic E-state index is 0.101. The Hall–Kier alpha value is -2.45. The van der Waals surface area contributed by atoms with Crippen LogP contribution in [0.5, 0.6) is 5.75 Å². The molecule has 3 rings (SSSR count). The largest absolute Gasteiger partial charge is 0.425 e. The highest BCUT2D eigenvalue weighted by Gasteiger charge is 2.19. The van der Waals surface area contributed by atoms with Gasteiger partial charge in [0.2, 0.25) is 0 Å². The van der Waals surface area contributed by atoms with Gasteiger partial charge in [0.25, 0.3) is 5.56 Å². The SMILES string of the molecule is CCc1c(CC2CCCCC2)nc(SCC(=O)c2ccc(OC(=O)[C@@H](C)N)cc2)[nH]c1=O. The van der Waals surface area contributed by atoms with E-state index < -0.39 is 12.0 Å². The number of H-pyrrole nitrogens is 1. The molecule has 0 bridgehead atoms. The highest BCUT2D eigenvalue weighted by atomic mass is 32.2. The fraction of sp³-hybridized carbons (Fsp3) is 0.500. The van der Waals surface area contributed by atoms with E-state index in [1.807, 2.05) is 6.92 Å². The normalized spacial score (nSPS) is 15.3. The molecule has 0 saturated heterocycles. The van der Waals surface area contributed by atoms with Gasteiger partial charge in [0.15, 0.2) is 10.9 Å². The average molecular weight is 458 g/mol. The van der Waals surface area contributed by atoms with Crippen LogP contribution in [0.2, 0.25) is 0 Å². The molecule has 1 aromatic heterocycles. The zero-order valence-electron chi connectivity index (χ0n) is 18.7. The summed E-state index contributed by atoms with van der Waals surface area (Å²) in [5.74, 6) is 0.434. The maximum absolute atomic E-state index is 12.6. The molecule has 0 spiro atoms. The molecule has 2 aromatic rings. The number of carbonyl (C=O) groups excluding carboxylic acids is 2. The van der Waals surface area contributed by atoms with Crippen molar-refractivity contribution >= 4 is 23.5 Å². The summed E-state index contributed by atoms with van der Waals surface area (Å²) >= 11 is 1.23. The fourth-order valence-corrected chi connectivity index (χ4v) is 4.70. The Morgan fingerprint density at radius 3 is 2.53 bits per heavy atom. The van der Waals surface area contributed by atoms with Crippen LogP contribution >= 0.6 is 11.8 Å². The maximum Gasteiger partial charge on any atom is 0.328 e. The number of aromatic amines is 1. The summed E-state index contributed by atoms with van der Waals surface area (Å²) in [6, 6.07) is 5.63. The number of hydrogen-bond acceptors (Lipinski definition) is 7. The third kappa shape index (κ3) is 6.53. The lowest BCUT2D eigenvalue weighted by molar-refractivity contribution is -0.135. The van der Waals surface area contributed by atoms with Crippen LogP contribution in [-0.4, -0.2) is 33.5 Å². The van der Waals surface area contributed by atoms with E-state index in [1.54, 1.807) is 31.2 Å². The van der Waals surface area contributed by atoms with E-state index in [9.17, 15) is 14.4 Å². The molecule has 3 N–H and O–H groups in total. The zero-order chi connectivity index (χ0) is 23.1. The molecular weight excluding hydrogens is 426 g/mol. The number of carbonyl (C=O) groups is 2. The molecule has 1 aromatic carbocycles. The van der Waals surface area contributed by atoms with Crippen LogP contribution in [0, 0.1) is 5.92 Å². The molecule has 0 unspecified atom stereocenters. The molecule has 32 heavy (non-hydrogen) atoms. The van der Waals surface area contributed by atoms with Crippen LogP contribution in [0.1, 0.15) is 67.6 Å². The van der Waals surface area contributed by atoms with Gasteiger partial charge in [-0.1, -0.05) is 50.8 Å². The molecule has 1 fully saturated rings. The van der Waals surface area contributed by atoms with E-state index in [1.165, 1.54) is 43.9 Å². The first-order chi connectivity index (χ1) is 15.4. The molecule has 1 atom stereocenters. The molecule has 0 amide bonds. The maximum atomic E-state index is 12.6. The van der Waals surface area contributed by atoms with Crippen LogP contribution in [0.25, 0.3) is 0 Å². The van der Waals surface area contributed by atoms with Gasteiger partial charge in [-0.25, -0.2) is 9.78 Å². The average Bonchev–Trinajstić information content (AvgIpc) is 2.78. The Labute approximate surface area is 192 Å². The summed E-state index contributed by atoms with van der Waals surface area (Å²) in [5, 5.41) is 0.480. The second-order valence-electron chi connectivity index (χ2n) is 8.30. The second kappa shape index (κ2) is 11.4. The number of nitrogens with two attached hydrogens (primary N) is 1. The third-order valence-electron chi connectivity index (χ3n) is 5.75. The van der Waals surface area contributed by atoms with Crippen molar-refractivity contribution in [2.75, 3.05) is 5.75 Å². The summed E-state index contributed by atoms with van der Waals surface area (Å²) in [5.41, 5.74) is 7.50. The van der Waals surface area contributed by atoms with Crippen molar-refractivity contribution in [3.05, 3.63) is 51.4 Å². The molecule has 1 heterocycles. The van der Waals surface area contributed by atoms with Crippen molar-refractivity contribution in [2.45, 2.75) is 70.0 Å². The van der Waals surface area contributed by atoms with Crippen LogP contribution in [-0.2, 0) is 17.6 Å². The third-order valence-corrected chi connectivity index (χ3v) is 6.62. The van der Waals surface area contributed by atoms with Crippen molar-refractivity contribution in [1.29, 1.82) is 0 Å². The number of esters is 1.